The highest BCUT2D eigenvalue weighted by Crippen LogP contribution is 2.48. The summed E-state index contributed by atoms with van der Waals surface area (Å²) >= 11 is 0. The van der Waals surface area contributed by atoms with E-state index in [-0.39, 0.29) is 11.1 Å². The van der Waals surface area contributed by atoms with Crippen molar-refractivity contribution in [2.24, 2.45) is 0 Å². The van der Waals surface area contributed by atoms with E-state index in [2.05, 4.69) is 4.98 Å². The lowest BCUT2D eigenvalue weighted by Gasteiger charge is -2.05. The molecule has 3 heteroatoms. The molecule has 1 heterocycles. The van der Waals surface area contributed by atoms with Crippen molar-refractivity contribution < 1.29 is 4.39 Å². The van der Waals surface area contributed by atoms with Gasteiger partial charge in [-0.2, -0.15) is 0 Å². The topological polar surface area (TPSA) is 32.9 Å². The second-order valence-electron chi connectivity index (χ2n) is 4.06. The Hall–Kier alpha value is -1.64. The minimum atomic E-state index is -1.36. The van der Waals surface area contributed by atoms with Gasteiger partial charge in [-0.25, -0.2) is 4.39 Å². The summed E-state index contributed by atoms with van der Waals surface area (Å²) in [6, 6.07) is 9.09. The summed E-state index contributed by atoms with van der Waals surface area (Å²) in [5.74, 6) is 0. The number of aromatic amines is 1. The number of para-hydroxylation sites is 1. The zero-order valence-corrected chi connectivity index (χ0v) is 8.09. The lowest BCUT2D eigenvalue weighted by atomic mass is 10.1. The van der Waals surface area contributed by atoms with Crippen LogP contribution in [0.15, 0.2) is 35.1 Å². The van der Waals surface area contributed by atoms with Crippen LogP contribution in [0.3, 0.4) is 0 Å². The molecule has 0 amide bonds. The molecule has 1 aliphatic rings. The molecule has 0 radical (unpaired) electrons. The van der Waals surface area contributed by atoms with Gasteiger partial charge in [-0.15, -0.1) is 0 Å². The van der Waals surface area contributed by atoms with Gasteiger partial charge in [0.25, 0.3) is 5.56 Å². The Morgan fingerprint density at radius 1 is 1.27 bits per heavy atom. The molecule has 2 nitrogen and oxygen atoms in total. The number of benzene rings is 1. The fourth-order valence-electron chi connectivity index (χ4n) is 1.86. The van der Waals surface area contributed by atoms with E-state index in [9.17, 15) is 9.18 Å². The molecule has 1 N–H and O–H groups in total. The number of nitrogens with one attached hydrogen (secondary N) is 1. The van der Waals surface area contributed by atoms with E-state index >= 15 is 0 Å². The predicted molar refractivity (Wildman–Crippen MR) is 56.6 cm³/mol. The number of fused-ring (bicyclic) bond motifs is 1. The van der Waals surface area contributed by atoms with Crippen LogP contribution < -0.4 is 5.56 Å². The van der Waals surface area contributed by atoms with E-state index < -0.39 is 5.67 Å². The van der Waals surface area contributed by atoms with E-state index in [0.717, 1.165) is 10.9 Å². The van der Waals surface area contributed by atoms with Crippen molar-refractivity contribution in [3.05, 3.63) is 46.2 Å². The van der Waals surface area contributed by atoms with Crippen molar-refractivity contribution in [1.82, 2.24) is 4.98 Å². The lowest BCUT2D eigenvalue weighted by molar-refractivity contribution is 0.315. The summed E-state index contributed by atoms with van der Waals surface area (Å²) < 4.78 is 13.8. The van der Waals surface area contributed by atoms with Gasteiger partial charge >= 0.3 is 0 Å². The Morgan fingerprint density at radius 2 is 2.00 bits per heavy atom. The molecule has 0 atom stereocenters. The first-order valence-electron chi connectivity index (χ1n) is 5.00. The molecule has 1 fully saturated rings. The number of hydrogen-bond donors (Lipinski definition) is 1. The second-order valence-corrected chi connectivity index (χ2v) is 4.06. The summed E-state index contributed by atoms with van der Waals surface area (Å²) in [5.41, 5.74) is -0.622. The summed E-state index contributed by atoms with van der Waals surface area (Å²) in [7, 11) is 0. The van der Waals surface area contributed by atoms with Crippen LogP contribution in [0.2, 0.25) is 0 Å². The van der Waals surface area contributed by atoms with Crippen molar-refractivity contribution in [2.75, 3.05) is 0 Å². The molecular formula is C12H10FNO. The number of halogens is 1. The molecule has 0 aliphatic heterocycles. The zero-order valence-electron chi connectivity index (χ0n) is 8.09. The summed E-state index contributed by atoms with van der Waals surface area (Å²) in [5, 5.41) is 0.885. The van der Waals surface area contributed by atoms with Crippen LogP contribution in [0, 0.1) is 0 Å². The number of rotatable bonds is 1. The number of aromatic nitrogens is 1. The fourth-order valence-corrected chi connectivity index (χ4v) is 1.86. The predicted octanol–water partition coefficient (Wildman–Crippen LogP) is 2.49. The summed E-state index contributed by atoms with van der Waals surface area (Å²) in [6.07, 6.45) is 0.933. The van der Waals surface area contributed by atoms with Crippen LogP contribution in [0.4, 0.5) is 4.39 Å². The highest BCUT2D eigenvalue weighted by atomic mass is 19.1. The maximum Gasteiger partial charge on any atom is 0.254 e. The highest BCUT2D eigenvalue weighted by molar-refractivity contribution is 5.79. The molecule has 1 aromatic carbocycles. The van der Waals surface area contributed by atoms with Gasteiger partial charge in [0, 0.05) is 5.52 Å². The van der Waals surface area contributed by atoms with Crippen LogP contribution >= 0.6 is 0 Å². The summed E-state index contributed by atoms with van der Waals surface area (Å²) in [6.45, 7) is 0. The first kappa shape index (κ1) is 8.65. The average molecular weight is 203 g/mol. The quantitative estimate of drug-likeness (QED) is 0.758. The zero-order chi connectivity index (χ0) is 10.5. The SMILES string of the molecule is O=c1[nH]c2ccccc2cc1C1(F)CC1. The van der Waals surface area contributed by atoms with Gasteiger partial charge in [-0.1, -0.05) is 18.2 Å². The van der Waals surface area contributed by atoms with Gasteiger partial charge in [-0.05, 0) is 30.4 Å². The van der Waals surface area contributed by atoms with Crippen LogP contribution in [-0.2, 0) is 5.67 Å². The van der Waals surface area contributed by atoms with Crippen molar-refractivity contribution >= 4 is 10.9 Å². The van der Waals surface area contributed by atoms with Gasteiger partial charge in [0.1, 0.15) is 5.67 Å². The average Bonchev–Trinajstić information content (AvgIpc) is 2.96. The monoisotopic (exact) mass is 203 g/mol. The van der Waals surface area contributed by atoms with E-state index in [0.29, 0.717) is 12.8 Å². The van der Waals surface area contributed by atoms with Crippen molar-refractivity contribution in [3.8, 4) is 0 Å². The third kappa shape index (κ3) is 1.27. The molecule has 1 saturated carbocycles. The minimum absolute atomic E-state index is 0.279. The molecule has 0 bridgehead atoms. The van der Waals surface area contributed by atoms with E-state index in [1.807, 2.05) is 24.3 Å². The molecule has 1 aliphatic carbocycles. The van der Waals surface area contributed by atoms with Gasteiger partial charge < -0.3 is 4.98 Å². The Labute approximate surface area is 85.7 Å². The smallest absolute Gasteiger partial charge is 0.254 e. The molecule has 3 rings (SSSR count). The molecule has 2 aromatic rings. The van der Waals surface area contributed by atoms with Gasteiger partial charge in [-0.3, -0.25) is 4.79 Å². The Bertz CT molecular complexity index is 583. The molecule has 15 heavy (non-hydrogen) atoms. The standard InChI is InChI=1S/C12H10FNO/c13-12(5-6-12)9-7-8-3-1-2-4-10(8)14-11(9)15/h1-4,7H,5-6H2,(H,14,15). The number of hydrogen-bond acceptors (Lipinski definition) is 1. The largest absolute Gasteiger partial charge is 0.322 e. The fraction of sp³-hybridized carbons (Fsp3) is 0.250. The van der Waals surface area contributed by atoms with Gasteiger partial charge in [0.15, 0.2) is 0 Å². The van der Waals surface area contributed by atoms with Crippen LogP contribution in [0.5, 0.6) is 0 Å². The van der Waals surface area contributed by atoms with Crippen molar-refractivity contribution in [2.45, 2.75) is 18.5 Å². The normalized spacial score (nSPS) is 17.9. The molecule has 0 unspecified atom stereocenters. The maximum absolute atomic E-state index is 13.8. The van der Waals surface area contributed by atoms with E-state index in [4.69, 9.17) is 0 Å². The number of H-pyrrole nitrogens is 1. The second kappa shape index (κ2) is 2.69. The van der Waals surface area contributed by atoms with E-state index in [1.165, 1.54) is 0 Å². The first-order chi connectivity index (χ1) is 7.19. The van der Waals surface area contributed by atoms with Gasteiger partial charge in [0.2, 0.25) is 0 Å². The summed E-state index contributed by atoms with van der Waals surface area (Å²) in [4.78, 5) is 14.3. The van der Waals surface area contributed by atoms with Crippen molar-refractivity contribution in [3.63, 3.8) is 0 Å². The third-order valence-corrected chi connectivity index (χ3v) is 2.93. The molecule has 76 valence electrons. The Kier molecular flexibility index (Phi) is 1.55. The highest BCUT2D eigenvalue weighted by Gasteiger charge is 2.46. The third-order valence-electron chi connectivity index (χ3n) is 2.93. The van der Waals surface area contributed by atoms with Crippen molar-refractivity contribution in [1.29, 1.82) is 0 Å². The molecular weight excluding hydrogens is 193 g/mol. The van der Waals surface area contributed by atoms with Crippen LogP contribution in [0.25, 0.3) is 10.9 Å². The molecule has 1 aromatic heterocycles. The van der Waals surface area contributed by atoms with Gasteiger partial charge in [0.05, 0.1) is 5.56 Å². The van der Waals surface area contributed by atoms with E-state index in [1.54, 1.807) is 6.07 Å². The number of alkyl halides is 1. The first-order valence-corrected chi connectivity index (χ1v) is 5.00. The maximum atomic E-state index is 13.8. The van der Waals surface area contributed by atoms with Crippen LogP contribution in [0.1, 0.15) is 18.4 Å². The molecule has 0 saturated heterocycles. The minimum Gasteiger partial charge on any atom is -0.322 e. The lowest BCUT2D eigenvalue weighted by Crippen LogP contribution is -2.17. The van der Waals surface area contributed by atoms with Crippen LogP contribution in [-0.4, -0.2) is 4.98 Å². The Balaban J connectivity index is 2.32. The molecule has 0 spiro atoms. The number of pyridine rings is 1. The Morgan fingerprint density at radius 3 is 2.73 bits per heavy atom.